The predicted molar refractivity (Wildman–Crippen MR) is 36.1 cm³/mol. The maximum atomic E-state index is 10.4. The fourth-order valence-corrected chi connectivity index (χ4v) is 0.236. The van der Waals surface area contributed by atoms with Crippen molar-refractivity contribution >= 4 is 18.2 Å². The maximum Gasteiger partial charge on any atom is 0.148 e. The molecule has 0 aliphatic rings. The number of carbonyl (C=O) groups is 1. The molecular weight excluding hydrogens is 126 g/mol. The van der Waals surface area contributed by atoms with Crippen LogP contribution in [0.5, 0.6) is 0 Å². The van der Waals surface area contributed by atoms with Crippen molar-refractivity contribution in [3.05, 3.63) is 0 Å². The van der Waals surface area contributed by atoms with E-state index in [1.54, 1.807) is 0 Å². The van der Waals surface area contributed by atoms with Crippen molar-refractivity contribution in [1.29, 1.82) is 0 Å². The number of halogens is 1. The second kappa shape index (κ2) is 5.06. The molecule has 0 aromatic heterocycles. The van der Waals surface area contributed by atoms with Crippen LogP contribution in [0.1, 0.15) is 13.8 Å². The van der Waals surface area contributed by atoms with Crippen LogP contribution in [0.4, 0.5) is 0 Å². The summed E-state index contributed by atoms with van der Waals surface area (Å²) < 4.78 is 0. The van der Waals surface area contributed by atoms with Gasteiger partial charge in [0.2, 0.25) is 0 Å². The van der Waals surface area contributed by atoms with E-state index in [0.29, 0.717) is 0 Å². The molecule has 0 rings (SSSR count). The number of hydrogen-bond acceptors (Lipinski definition) is 2. The Hall–Kier alpha value is -0.0800. The van der Waals surface area contributed by atoms with E-state index in [2.05, 4.69) is 0 Å². The summed E-state index contributed by atoms with van der Waals surface area (Å²) in [6.45, 7) is 3.86. The minimum Gasteiger partial charge on any atom is -0.324 e. The third kappa shape index (κ3) is 4.09. The summed E-state index contributed by atoms with van der Waals surface area (Å²) in [5, 5.41) is 0. The Labute approximate surface area is 55.9 Å². The second-order valence-corrected chi connectivity index (χ2v) is 1.83. The highest BCUT2D eigenvalue weighted by Gasteiger charge is 2.01. The Bertz CT molecular complexity index is 72.8. The van der Waals surface area contributed by atoms with Crippen molar-refractivity contribution in [2.24, 2.45) is 11.7 Å². The van der Waals surface area contributed by atoms with E-state index in [0.717, 1.165) is 0 Å². The molecule has 0 unspecified atom stereocenters. The highest BCUT2D eigenvalue weighted by atomic mass is 35.5. The summed E-state index contributed by atoms with van der Waals surface area (Å²) in [6.07, 6.45) is 0. The Kier molecular flexibility index (Phi) is 6.85. The smallest absolute Gasteiger partial charge is 0.148 e. The lowest BCUT2D eigenvalue weighted by Crippen LogP contribution is -2.18. The summed E-state index contributed by atoms with van der Waals surface area (Å²) in [5.74, 6) is 0.227. The molecule has 0 aromatic rings. The van der Waals surface area contributed by atoms with Crippen LogP contribution >= 0.6 is 12.4 Å². The lowest BCUT2D eigenvalue weighted by Gasteiger charge is -1.96. The number of nitrogens with two attached hydrogens (primary N) is 1. The van der Waals surface area contributed by atoms with E-state index in [9.17, 15) is 4.79 Å². The molecule has 2 nitrogen and oxygen atoms in total. The highest BCUT2D eigenvalue weighted by Crippen LogP contribution is 1.89. The molecule has 0 saturated heterocycles. The van der Waals surface area contributed by atoms with Gasteiger partial charge in [0.15, 0.2) is 0 Å². The van der Waals surface area contributed by atoms with E-state index in [1.165, 1.54) is 0 Å². The van der Waals surface area contributed by atoms with Gasteiger partial charge in [-0.15, -0.1) is 12.4 Å². The Morgan fingerprint density at radius 1 is 1.62 bits per heavy atom. The summed E-state index contributed by atoms with van der Waals surface area (Å²) in [7, 11) is 0. The van der Waals surface area contributed by atoms with Gasteiger partial charge in [-0.05, 0) is 0 Å². The molecule has 3 heteroatoms. The zero-order valence-electron chi connectivity index (χ0n) is 5.18. The SMILES string of the molecule is CC(C)C(=O)CN.Cl. The summed E-state index contributed by atoms with van der Waals surface area (Å²) in [5.41, 5.74) is 5.02. The van der Waals surface area contributed by atoms with Gasteiger partial charge in [0, 0.05) is 5.92 Å². The van der Waals surface area contributed by atoms with E-state index in [-0.39, 0.29) is 30.7 Å². The molecule has 0 aromatic carbocycles. The summed E-state index contributed by atoms with van der Waals surface area (Å²) in [4.78, 5) is 10.4. The van der Waals surface area contributed by atoms with Crippen molar-refractivity contribution in [2.45, 2.75) is 13.8 Å². The van der Waals surface area contributed by atoms with Gasteiger partial charge in [0.1, 0.15) is 5.78 Å². The number of hydrogen-bond donors (Lipinski definition) is 1. The fraction of sp³-hybridized carbons (Fsp3) is 0.800. The van der Waals surface area contributed by atoms with Crippen LogP contribution in [0.15, 0.2) is 0 Å². The molecule has 0 saturated carbocycles. The zero-order valence-corrected chi connectivity index (χ0v) is 5.99. The molecule has 50 valence electrons. The fourth-order valence-electron chi connectivity index (χ4n) is 0.236. The van der Waals surface area contributed by atoms with Crippen LogP contribution in [-0.2, 0) is 4.79 Å². The normalized spacial score (nSPS) is 8.50. The monoisotopic (exact) mass is 137 g/mol. The summed E-state index contributed by atoms with van der Waals surface area (Å²) in [6, 6.07) is 0. The molecule has 0 fully saturated rings. The van der Waals surface area contributed by atoms with Crippen LogP contribution in [0.3, 0.4) is 0 Å². The quantitative estimate of drug-likeness (QED) is 0.606. The Morgan fingerprint density at radius 2 is 2.00 bits per heavy atom. The van der Waals surface area contributed by atoms with E-state index in [4.69, 9.17) is 5.73 Å². The van der Waals surface area contributed by atoms with Crippen molar-refractivity contribution < 1.29 is 4.79 Å². The molecule has 2 N–H and O–H groups in total. The van der Waals surface area contributed by atoms with E-state index in [1.807, 2.05) is 13.8 Å². The average molecular weight is 138 g/mol. The average Bonchev–Trinajstić information content (AvgIpc) is 1.65. The van der Waals surface area contributed by atoms with Gasteiger partial charge < -0.3 is 5.73 Å². The van der Waals surface area contributed by atoms with Crippen molar-refractivity contribution in [3.63, 3.8) is 0 Å². The third-order valence-electron chi connectivity index (χ3n) is 0.845. The molecule has 0 amide bonds. The molecule has 0 aliphatic carbocycles. The van der Waals surface area contributed by atoms with Crippen molar-refractivity contribution in [2.75, 3.05) is 6.54 Å². The molecule has 0 bridgehead atoms. The van der Waals surface area contributed by atoms with Gasteiger partial charge in [-0.2, -0.15) is 0 Å². The van der Waals surface area contributed by atoms with Crippen LogP contribution in [0.25, 0.3) is 0 Å². The van der Waals surface area contributed by atoms with Crippen LogP contribution in [-0.4, -0.2) is 12.3 Å². The van der Waals surface area contributed by atoms with E-state index >= 15 is 0 Å². The molecule has 0 heterocycles. The second-order valence-electron chi connectivity index (χ2n) is 1.83. The van der Waals surface area contributed by atoms with Crippen LogP contribution in [0, 0.1) is 5.92 Å². The van der Waals surface area contributed by atoms with Crippen LogP contribution in [0.2, 0.25) is 0 Å². The van der Waals surface area contributed by atoms with Gasteiger partial charge >= 0.3 is 0 Å². The predicted octanol–water partition coefficient (Wildman–Crippen LogP) is 0.592. The third-order valence-corrected chi connectivity index (χ3v) is 0.845. The molecule has 0 aliphatic heterocycles. The minimum absolute atomic E-state index is 0. The first-order valence-corrected chi connectivity index (χ1v) is 2.41. The first-order valence-electron chi connectivity index (χ1n) is 2.41. The lowest BCUT2D eigenvalue weighted by atomic mass is 10.1. The zero-order chi connectivity index (χ0) is 5.86. The highest BCUT2D eigenvalue weighted by molar-refractivity contribution is 5.85. The van der Waals surface area contributed by atoms with Gasteiger partial charge in [0.25, 0.3) is 0 Å². The largest absolute Gasteiger partial charge is 0.324 e. The Morgan fingerprint density at radius 3 is 2.00 bits per heavy atom. The maximum absolute atomic E-state index is 10.4. The molecule has 0 atom stereocenters. The van der Waals surface area contributed by atoms with E-state index < -0.39 is 0 Å². The number of Topliss-reactive ketones (excluding diaryl/α,β-unsaturated/α-hetero) is 1. The van der Waals surface area contributed by atoms with Crippen molar-refractivity contribution in [3.8, 4) is 0 Å². The molecule has 0 spiro atoms. The van der Waals surface area contributed by atoms with Gasteiger partial charge in [0.05, 0.1) is 6.54 Å². The first-order chi connectivity index (χ1) is 3.18. The standard InChI is InChI=1S/C5H11NO.ClH/c1-4(2)5(7)3-6;/h4H,3,6H2,1-2H3;1H. The number of rotatable bonds is 2. The Balaban J connectivity index is 0. The minimum atomic E-state index is 0. The molecule has 8 heavy (non-hydrogen) atoms. The molecule has 0 radical (unpaired) electrons. The topological polar surface area (TPSA) is 43.1 Å². The first kappa shape index (κ1) is 10.8. The van der Waals surface area contributed by atoms with Crippen molar-refractivity contribution in [1.82, 2.24) is 0 Å². The van der Waals surface area contributed by atoms with Gasteiger partial charge in [-0.25, -0.2) is 0 Å². The number of carbonyl (C=O) groups excluding carboxylic acids is 1. The van der Waals surface area contributed by atoms with Gasteiger partial charge in [-0.1, -0.05) is 13.8 Å². The lowest BCUT2D eigenvalue weighted by molar-refractivity contribution is -0.120. The van der Waals surface area contributed by atoms with Gasteiger partial charge in [-0.3, -0.25) is 4.79 Å². The number of ketones is 1. The summed E-state index contributed by atoms with van der Waals surface area (Å²) >= 11 is 0. The molecular formula is C5H12ClNO. The van der Waals surface area contributed by atoms with Crippen LogP contribution < -0.4 is 5.73 Å².